The molecule has 1 heterocycles. The Kier molecular flexibility index (Phi) is 6.93. The highest BCUT2D eigenvalue weighted by atomic mass is 32.2. The number of aryl methyl sites for hydroxylation is 2. The van der Waals surface area contributed by atoms with E-state index in [1.54, 1.807) is 6.20 Å². The smallest absolute Gasteiger partial charge is 0.224 e. The predicted octanol–water partition coefficient (Wildman–Crippen LogP) is 6.11. The average molecular weight is 395 g/mol. The molecule has 1 N–H and O–H groups in total. The molecule has 0 bridgehead atoms. The molecule has 5 heteroatoms. The Labute approximate surface area is 170 Å². The maximum Gasteiger partial charge on any atom is 0.224 e. The van der Waals surface area contributed by atoms with Crippen LogP contribution in [0, 0.1) is 6.92 Å². The Morgan fingerprint density at radius 3 is 2.71 bits per heavy atom. The number of hydrogen-bond acceptors (Lipinski definition) is 4. The summed E-state index contributed by atoms with van der Waals surface area (Å²) >= 11 is 1.86. The first kappa shape index (κ1) is 20.2. The molecule has 0 aliphatic heterocycles. The van der Waals surface area contributed by atoms with E-state index in [2.05, 4.69) is 36.3 Å². The van der Waals surface area contributed by atoms with Gasteiger partial charge in [-0.05, 0) is 37.1 Å². The second-order valence-electron chi connectivity index (χ2n) is 6.85. The largest absolute Gasteiger partial charge is 0.441 e. The Morgan fingerprint density at radius 1 is 1.21 bits per heavy atom. The van der Waals surface area contributed by atoms with Crippen LogP contribution in [-0.4, -0.2) is 16.1 Å². The van der Waals surface area contributed by atoms with Crippen molar-refractivity contribution in [3.05, 3.63) is 66.2 Å². The fourth-order valence-corrected chi connectivity index (χ4v) is 3.78. The molecule has 3 aromatic rings. The van der Waals surface area contributed by atoms with Gasteiger partial charge in [0.2, 0.25) is 5.91 Å². The fourth-order valence-electron chi connectivity index (χ4n) is 2.76. The van der Waals surface area contributed by atoms with Crippen molar-refractivity contribution in [1.29, 1.82) is 0 Å². The molecule has 1 unspecified atom stereocenters. The van der Waals surface area contributed by atoms with E-state index in [1.165, 1.54) is 4.90 Å². The van der Waals surface area contributed by atoms with Gasteiger partial charge in [0.1, 0.15) is 0 Å². The SMILES string of the molecule is CCC(C)Sc1ccc(NC(=O)CCc2ncc(-c3ccccc3)o2)c(C)c1. The van der Waals surface area contributed by atoms with Gasteiger partial charge >= 0.3 is 0 Å². The number of aromatic nitrogens is 1. The summed E-state index contributed by atoms with van der Waals surface area (Å²) in [5, 5.41) is 3.58. The normalized spacial score (nSPS) is 12.0. The van der Waals surface area contributed by atoms with Crippen molar-refractivity contribution in [1.82, 2.24) is 4.98 Å². The van der Waals surface area contributed by atoms with Gasteiger partial charge in [-0.1, -0.05) is 44.2 Å². The maximum absolute atomic E-state index is 12.3. The summed E-state index contributed by atoms with van der Waals surface area (Å²) in [6.45, 7) is 6.44. The van der Waals surface area contributed by atoms with Gasteiger partial charge in [-0.25, -0.2) is 4.98 Å². The number of thioether (sulfide) groups is 1. The van der Waals surface area contributed by atoms with Crippen LogP contribution in [0.5, 0.6) is 0 Å². The molecular weight excluding hydrogens is 368 g/mol. The zero-order valence-corrected chi connectivity index (χ0v) is 17.4. The first-order valence-electron chi connectivity index (χ1n) is 9.62. The van der Waals surface area contributed by atoms with Crippen LogP contribution in [-0.2, 0) is 11.2 Å². The van der Waals surface area contributed by atoms with E-state index in [1.807, 2.05) is 55.1 Å². The van der Waals surface area contributed by atoms with E-state index in [9.17, 15) is 4.79 Å². The Hall–Kier alpha value is -2.53. The van der Waals surface area contributed by atoms with E-state index in [4.69, 9.17) is 4.42 Å². The molecule has 28 heavy (non-hydrogen) atoms. The topological polar surface area (TPSA) is 55.1 Å². The van der Waals surface area contributed by atoms with Crippen molar-refractivity contribution in [2.24, 2.45) is 0 Å². The zero-order valence-electron chi connectivity index (χ0n) is 16.6. The monoisotopic (exact) mass is 394 g/mol. The molecule has 3 rings (SSSR count). The van der Waals surface area contributed by atoms with Gasteiger partial charge < -0.3 is 9.73 Å². The van der Waals surface area contributed by atoms with Crippen molar-refractivity contribution >= 4 is 23.4 Å². The summed E-state index contributed by atoms with van der Waals surface area (Å²) in [4.78, 5) is 17.9. The summed E-state index contributed by atoms with van der Waals surface area (Å²) < 4.78 is 5.76. The number of hydrogen-bond donors (Lipinski definition) is 1. The second-order valence-corrected chi connectivity index (χ2v) is 8.36. The van der Waals surface area contributed by atoms with Crippen molar-refractivity contribution in [3.63, 3.8) is 0 Å². The third-order valence-electron chi connectivity index (χ3n) is 4.56. The molecule has 2 aromatic carbocycles. The lowest BCUT2D eigenvalue weighted by Crippen LogP contribution is -2.13. The highest BCUT2D eigenvalue weighted by Crippen LogP contribution is 2.28. The fraction of sp³-hybridized carbons (Fsp3) is 0.304. The lowest BCUT2D eigenvalue weighted by molar-refractivity contribution is -0.116. The van der Waals surface area contributed by atoms with Gasteiger partial charge in [-0.15, -0.1) is 11.8 Å². The van der Waals surface area contributed by atoms with Crippen molar-refractivity contribution in [3.8, 4) is 11.3 Å². The van der Waals surface area contributed by atoms with Crippen molar-refractivity contribution in [2.45, 2.75) is 50.2 Å². The molecule has 0 aliphatic rings. The number of rotatable bonds is 8. The lowest BCUT2D eigenvalue weighted by Gasteiger charge is -2.12. The second kappa shape index (κ2) is 9.60. The first-order valence-corrected chi connectivity index (χ1v) is 10.5. The molecule has 0 spiro atoms. The molecule has 4 nitrogen and oxygen atoms in total. The van der Waals surface area contributed by atoms with Crippen LogP contribution in [0.2, 0.25) is 0 Å². The van der Waals surface area contributed by atoms with Crippen LogP contribution < -0.4 is 5.32 Å². The zero-order chi connectivity index (χ0) is 19.9. The molecule has 0 aliphatic carbocycles. The quantitative estimate of drug-likeness (QED) is 0.468. The molecule has 146 valence electrons. The molecule has 0 saturated carbocycles. The van der Waals surface area contributed by atoms with Crippen molar-refractivity contribution < 1.29 is 9.21 Å². The molecule has 1 amide bonds. The van der Waals surface area contributed by atoms with Crippen LogP contribution in [0.25, 0.3) is 11.3 Å². The van der Waals surface area contributed by atoms with Gasteiger partial charge in [-0.3, -0.25) is 4.79 Å². The van der Waals surface area contributed by atoms with Gasteiger partial charge in [0.05, 0.1) is 6.20 Å². The van der Waals surface area contributed by atoms with Gasteiger partial charge in [0.15, 0.2) is 11.7 Å². The summed E-state index contributed by atoms with van der Waals surface area (Å²) in [7, 11) is 0. The number of carbonyl (C=O) groups excluding carboxylic acids is 1. The molecule has 0 radical (unpaired) electrons. The summed E-state index contributed by atoms with van der Waals surface area (Å²) in [6, 6.07) is 16.0. The standard InChI is InChI=1S/C23H26N2O2S/c1-4-17(3)28-19-10-11-20(16(2)14-19)25-22(26)12-13-23-24-15-21(27-23)18-8-6-5-7-9-18/h5-11,14-15,17H,4,12-13H2,1-3H3,(H,25,26). The van der Waals surface area contributed by atoms with E-state index in [-0.39, 0.29) is 5.91 Å². The van der Waals surface area contributed by atoms with Crippen LogP contribution in [0.3, 0.4) is 0 Å². The summed E-state index contributed by atoms with van der Waals surface area (Å²) in [5.74, 6) is 1.26. The number of nitrogens with one attached hydrogen (secondary N) is 1. The minimum Gasteiger partial charge on any atom is -0.441 e. The maximum atomic E-state index is 12.3. The van der Waals surface area contributed by atoms with Gasteiger partial charge in [-0.2, -0.15) is 0 Å². The van der Waals surface area contributed by atoms with Crippen LogP contribution >= 0.6 is 11.8 Å². The Morgan fingerprint density at radius 2 is 2.00 bits per heavy atom. The highest BCUT2D eigenvalue weighted by molar-refractivity contribution is 7.99. The van der Waals surface area contributed by atoms with Gasteiger partial charge in [0.25, 0.3) is 0 Å². The highest BCUT2D eigenvalue weighted by Gasteiger charge is 2.11. The average Bonchev–Trinajstić information content (AvgIpc) is 3.18. The van der Waals surface area contributed by atoms with E-state index in [0.717, 1.165) is 29.0 Å². The molecule has 1 atom stereocenters. The van der Waals surface area contributed by atoms with E-state index < -0.39 is 0 Å². The van der Waals surface area contributed by atoms with Gasteiger partial charge in [0, 0.05) is 34.2 Å². The van der Waals surface area contributed by atoms with Crippen LogP contribution in [0.1, 0.15) is 38.1 Å². The number of anilines is 1. The summed E-state index contributed by atoms with van der Waals surface area (Å²) in [6.07, 6.45) is 3.65. The van der Waals surface area contributed by atoms with Crippen LogP contribution in [0.4, 0.5) is 5.69 Å². The number of benzene rings is 2. The molecule has 0 fully saturated rings. The molecule has 1 aromatic heterocycles. The lowest BCUT2D eigenvalue weighted by atomic mass is 10.2. The Balaban J connectivity index is 1.54. The number of nitrogens with zero attached hydrogens (tertiary/aromatic N) is 1. The third kappa shape index (κ3) is 5.49. The summed E-state index contributed by atoms with van der Waals surface area (Å²) in [5.41, 5.74) is 2.91. The van der Waals surface area contributed by atoms with E-state index >= 15 is 0 Å². The predicted molar refractivity (Wildman–Crippen MR) is 116 cm³/mol. The minimum atomic E-state index is -0.0371. The van der Waals surface area contributed by atoms with E-state index in [0.29, 0.717) is 24.0 Å². The number of oxazole rings is 1. The minimum absolute atomic E-state index is 0.0371. The first-order chi connectivity index (χ1) is 13.5. The number of carbonyl (C=O) groups is 1. The molecule has 0 saturated heterocycles. The molecular formula is C23H26N2O2S. The van der Waals surface area contributed by atoms with Crippen molar-refractivity contribution in [2.75, 3.05) is 5.32 Å². The van der Waals surface area contributed by atoms with Crippen LogP contribution in [0.15, 0.2) is 64.0 Å². The Bertz CT molecular complexity index is 921. The number of amides is 1. The third-order valence-corrected chi connectivity index (χ3v) is 5.82.